The average Bonchev–Trinajstić information content (AvgIpc) is 3.44. The first-order chi connectivity index (χ1) is 16.3. The van der Waals surface area contributed by atoms with Crippen molar-refractivity contribution < 1.29 is 17.6 Å². The molecule has 2 heterocycles. The van der Waals surface area contributed by atoms with Crippen LogP contribution in [0.5, 0.6) is 0 Å². The van der Waals surface area contributed by atoms with E-state index in [1.54, 1.807) is 48.3 Å². The molecule has 2 fully saturated rings. The molecule has 0 radical (unpaired) electrons. The Labute approximate surface area is 201 Å². The number of anilines is 1. The third-order valence-electron chi connectivity index (χ3n) is 6.63. The fourth-order valence-corrected chi connectivity index (χ4v) is 6.26. The number of sulfonamides is 1. The normalized spacial score (nSPS) is 21.6. The van der Waals surface area contributed by atoms with E-state index < -0.39 is 10.0 Å². The van der Waals surface area contributed by atoms with E-state index in [0.29, 0.717) is 36.8 Å². The second-order valence-electron chi connectivity index (χ2n) is 9.19. The number of benzene rings is 2. The Bertz CT molecular complexity index is 1090. The second-order valence-corrected chi connectivity index (χ2v) is 11.2. The third kappa shape index (κ3) is 5.95. The highest BCUT2D eigenvalue weighted by Gasteiger charge is 2.28. The molecular weight excluding hydrogens is 455 g/mol. The molecule has 184 valence electrons. The molecule has 2 N–H and O–H groups in total. The first kappa shape index (κ1) is 24.6. The molecule has 2 aromatic rings. The zero-order valence-corrected chi connectivity index (χ0v) is 20.4. The summed E-state index contributed by atoms with van der Waals surface area (Å²) in [6, 6.07) is 14.0. The Balaban J connectivity index is 1.16. The van der Waals surface area contributed by atoms with Crippen LogP contribution in [0.4, 0.5) is 10.1 Å². The van der Waals surface area contributed by atoms with E-state index in [2.05, 4.69) is 10.9 Å². The Morgan fingerprint density at radius 3 is 2.62 bits per heavy atom. The van der Waals surface area contributed by atoms with Crippen molar-refractivity contribution in [2.45, 2.75) is 50.6 Å². The van der Waals surface area contributed by atoms with E-state index >= 15 is 0 Å². The Hall–Kier alpha value is -2.49. The monoisotopic (exact) mass is 488 g/mol. The third-order valence-corrected chi connectivity index (χ3v) is 8.50. The van der Waals surface area contributed by atoms with Gasteiger partial charge in [-0.25, -0.2) is 12.8 Å². The smallest absolute Gasteiger partial charge is 0.253 e. The first-order valence-corrected chi connectivity index (χ1v) is 13.6. The van der Waals surface area contributed by atoms with Crippen molar-refractivity contribution in [3.8, 4) is 0 Å². The number of hydrazine groups is 1. The number of amides is 1. The van der Waals surface area contributed by atoms with Gasteiger partial charge in [0.25, 0.3) is 5.91 Å². The Morgan fingerprint density at radius 1 is 1.12 bits per heavy atom. The van der Waals surface area contributed by atoms with Crippen molar-refractivity contribution in [1.29, 1.82) is 0 Å². The minimum Gasteiger partial charge on any atom is -0.342 e. The number of nitrogens with zero attached hydrogens (tertiary/aromatic N) is 2. The van der Waals surface area contributed by atoms with Crippen LogP contribution in [0, 0.1) is 5.82 Å². The number of hydrogen-bond acceptors (Lipinski definition) is 5. The molecule has 0 spiro atoms. The summed E-state index contributed by atoms with van der Waals surface area (Å²) in [5.41, 5.74) is 8.72. The van der Waals surface area contributed by atoms with Crippen LogP contribution in [0.1, 0.15) is 60.5 Å². The maximum absolute atomic E-state index is 13.4. The van der Waals surface area contributed by atoms with Gasteiger partial charge in [-0.15, -0.1) is 0 Å². The predicted molar refractivity (Wildman–Crippen MR) is 131 cm³/mol. The molecule has 9 heteroatoms. The lowest BCUT2D eigenvalue weighted by Gasteiger charge is -2.19. The minimum absolute atomic E-state index is 0.0598. The highest BCUT2D eigenvalue weighted by molar-refractivity contribution is 7.93. The van der Waals surface area contributed by atoms with Gasteiger partial charge in [-0.3, -0.25) is 20.0 Å². The summed E-state index contributed by atoms with van der Waals surface area (Å²) < 4.78 is 39.0. The van der Waals surface area contributed by atoms with Gasteiger partial charge in [0.1, 0.15) is 5.82 Å². The highest BCUT2D eigenvalue weighted by atomic mass is 32.2. The number of unbranched alkanes of at least 4 members (excludes halogenated alkanes) is 2. The van der Waals surface area contributed by atoms with Crippen molar-refractivity contribution >= 4 is 21.6 Å². The SMILES string of the molecule is CN(CCCCCC1CC(c2cccc(F)c2)NN1)C(=O)c1ccc(N2CCCS2(=O)=O)cc1. The van der Waals surface area contributed by atoms with Crippen molar-refractivity contribution in [2.75, 3.05) is 30.2 Å². The standard InChI is InChI=1S/C25H33FN4O3S/c1-29(25(31)19-10-12-23(13-11-19)30-15-6-16-34(30,32)33)14-4-2-3-9-22-18-24(28-27-22)20-7-5-8-21(26)17-20/h5,7-8,10-13,17,22,24,27-28H,2-4,6,9,14-16,18H2,1H3. The summed E-state index contributed by atoms with van der Waals surface area (Å²) in [6.07, 6.45) is 5.57. The fourth-order valence-electron chi connectivity index (χ4n) is 4.69. The zero-order valence-electron chi connectivity index (χ0n) is 19.5. The van der Waals surface area contributed by atoms with E-state index in [1.165, 1.54) is 10.4 Å². The fraction of sp³-hybridized carbons (Fsp3) is 0.480. The molecule has 7 nitrogen and oxygen atoms in total. The molecule has 0 saturated carbocycles. The number of carbonyl (C=O) groups excluding carboxylic acids is 1. The van der Waals surface area contributed by atoms with Crippen LogP contribution < -0.4 is 15.2 Å². The lowest BCUT2D eigenvalue weighted by atomic mass is 9.99. The highest BCUT2D eigenvalue weighted by Crippen LogP contribution is 2.26. The summed E-state index contributed by atoms with van der Waals surface area (Å²) in [6.45, 7) is 1.16. The van der Waals surface area contributed by atoms with Gasteiger partial charge in [0.15, 0.2) is 0 Å². The van der Waals surface area contributed by atoms with E-state index in [4.69, 9.17) is 0 Å². The molecule has 0 aliphatic carbocycles. The lowest BCUT2D eigenvalue weighted by Crippen LogP contribution is -2.31. The molecule has 0 bridgehead atoms. The van der Waals surface area contributed by atoms with E-state index in [-0.39, 0.29) is 23.5 Å². The van der Waals surface area contributed by atoms with Crippen molar-refractivity contribution in [2.24, 2.45) is 0 Å². The zero-order chi connectivity index (χ0) is 24.1. The van der Waals surface area contributed by atoms with E-state index in [1.807, 2.05) is 6.07 Å². The van der Waals surface area contributed by atoms with Gasteiger partial charge in [-0.2, -0.15) is 0 Å². The van der Waals surface area contributed by atoms with Crippen LogP contribution >= 0.6 is 0 Å². The minimum atomic E-state index is -3.22. The van der Waals surface area contributed by atoms with Gasteiger partial charge in [-0.05, 0) is 67.6 Å². The second kappa shape index (κ2) is 10.8. The van der Waals surface area contributed by atoms with Crippen LogP contribution in [0.25, 0.3) is 0 Å². The van der Waals surface area contributed by atoms with Gasteiger partial charge < -0.3 is 4.90 Å². The summed E-state index contributed by atoms with van der Waals surface area (Å²) >= 11 is 0. The van der Waals surface area contributed by atoms with Crippen molar-refractivity contribution in [3.05, 3.63) is 65.5 Å². The molecule has 2 aliphatic rings. The van der Waals surface area contributed by atoms with Crippen LogP contribution in [0.2, 0.25) is 0 Å². The quantitative estimate of drug-likeness (QED) is 0.527. The maximum atomic E-state index is 13.4. The molecule has 1 amide bonds. The molecule has 0 aromatic heterocycles. The maximum Gasteiger partial charge on any atom is 0.253 e. The largest absolute Gasteiger partial charge is 0.342 e. The van der Waals surface area contributed by atoms with Gasteiger partial charge in [-0.1, -0.05) is 25.0 Å². The average molecular weight is 489 g/mol. The van der Waals surface area contributed by atoms with Gasteiger partial charge >= 0.3 is 0 Å². The molecule has 2 aliphatic heterocycles. The number of carbonyl (C=O) groups is 1. The van der Waals surface area contributed by atoms with Crippen LogP contribution in [-0.2, 0) is 10.0 Å². The summed E-state index contributed by atoms with van der Waals surface area (Å²) in [5.74, 6) is -0.0931. The lowest BCUT2D eigenvalue weighted by molar-refractivity contribution is 0.0792. The first-order valence-electron chi connectivity index (χ1n) is 12.0. The van der Waals surface area contributed by atoms with Crippen LogP contribution in [0.15, 0.2) is 48.5 Å². The van der Waals surface area contributed by atoms with Crippen molar-refractivity contribution in [1.82, 2.24) is 15.8 Å². The summed E-state index contributed by atoms with van der Waals surface area (Å²) in [4.78, 5) is 14.4. The van der Waals surface area contributed by atoms with Gasteiger partial charge in [0, 0.05) is 37.8 Å². The van der Waals surface area contributed by atoms with Gasteiger partial charge in [0.2, 0.25) is 10.0 Å². The Kier molecular flexibility index (Phi) is 7.85. The molecule has 2 saturated heterocycles. The molecule has 2 aromatic carbocycles. The molecule has 4 rings (SSSR count). The number of halogens is 1. The molecule has 34 heavy (non-hydrogen) atoms. The predicted octanol–water partition coefficient (Wildman–Crippen LogP) is 3.61. The van der Waals surface area contributed by atoms with Crippen LogP contribution in [0.3, 0.4) is 0 Å². The van der Waals surface area contributed by atoms with Gasteiger partial charge in [0.05, 0.1) is 11.4 Å². The number of nitrogens with one attached hydrogen (secondary N) is 2. The summed E-state index contributed by atoms with van der Waals surface area (Å²) in [5, 5.41) is 0. The van der Waals surface area contributed by atoms with E-state index in [0.717, 1.165) is 37.7 Å². The topological polar surface area (TPSA) is 81.8 Å². The number of rotatable bonds is 9. The molecule has 2 atom stereocenters. The van der Waals surface area contributed by atoms with E-state index in [9.17, 15) is 17.6 Å². The molecular formula is C25H33FN4O3S. The number of hydrogen-bond donors (Lipinski definition) is 2. The van der Waals surface area contributed by atoms with Crippen LogP contribution in [-0.4, -0.2) is 51.2 Å². The summed E-state index contributed by atoms with van der Waals surface area (Å²) in [7, 11) is -1.42. The van der Waals surface area contributed by atoms with Crippen molar-refractivity contribution in [3.63, 3.8) is 0 Å². The molecule has 2 unspecified atom stereocenters. The Morgan fingerprint density at radius 2 is 1.91 bits per heavy atom.